The summed E-state index contributed by atoms with van der Waals surface area (Å²) in [5, 5.41) is 6.90. The monoisotopic (exact) mass is 433 g/mol. The van der Waals surface area contributed by atoms with Crippen LogP contribution in [0.1, 0.15) is 44.1 Å². The molecule has 4 rings (SSSR count). The van der Waals surface area contributed by atoms with Gasteiger partial charge in [-0.15, -0.1) is 0 Å². The maximum atomic E-state index is 12.8. The van der Waals surface area contributed by atoms with Crippen molar-refractivity contribution in [3.63, 3.8) is 0 Å². The third-order valence-electron chi connectivity index (χ3n) is 5.40. The molecule has 0 spiro atoms. The fraction of sp³-hybridized carbons (Fsp3) is 0.292. The van der Waals surface area contributed by atoms with E-state index in [9.17, 15) is 4.79 Å². The molecule has 1 fully saturated rings. The number of carbonyl (C=O) groups is 1. The Balaban J connectivity index is 1.64. The number of amides is 1. The fourth-order valence-electron chi connectivity index (χ4n) is 3.82. The number of thiocarbonyl (C=S) groups is 1. The summed E-state index contributed by atoms with van der Waals surface area (Å²) in [6, 6.07) is 17.1. The number of nitrogens with zero attached hydrogens (tertiary/aromatic N) is 3. The quantitative estimate of drug-likeness (QED) is 0.589. The molecule has 0 bridgehead atoms. The molecule has 31 heavy (non-hydrogen) atoms. The van der Waals surface area contributed by atoms with Gasteiger partial charge < -0.3 is 20.1 Å². The molecule has 1 aromatic carbocycles. The summed E-state index contributed by atoms with van der Waals surface area (Å²) in [5.41, 5.74) is 2.71. The normalized spacial score (nSPS) is 18.7. The molecular formula is C24H27N5OS. The zero-order chi connectivity index (χ0) is 22.0. The first-order chi connectivity index (χ1) is 14.8. The molecule has 1 saturated heterocycles. The Morgan fingerprint density at radius 2 is 1.87 bits per heavy atom. The SMILES string of the molecule is CC(C)(C)n1ccc([C@@H]2[C@H](c3ccccn3)NC(=S)N2CC(=O)Nc2ccccc2)c1. The van der Waals surface area contributed by atoms with E-state index >= 15 is 0 Å². The summed E-state index contributed by atoms with van der Waals surface area (Å²) >= 11 is 5.66. The Morgan fingerprint density at radius 3 is 2.52 bits per heavy atom. The van der Waals surface area contributed by atoms with Crippen LogP contribution >= 0.6 is 12.2 Å². The third-order valence-corrected chi connectivity index (χ3v) is 5.75. The van der Waals surface area contributed by atoms with Crippen LogP contribution in [0, 0.1) is 0 Å². The van der Waals surface area contributed by atoms with E-state index in [2.05, 4.69) is 59.4 Å². The van der Waals surface area contributed by atoms with Crippen LogP contribution in [0.4, 0.5) is 5.69 Å². The van der Waals surface area contributed by atoms with Crippen molar-refractivity contribution in [1.82, 2.24) is 19.8 Å². The number of rotatable bonds is 5. The Hall–Kier alpha value is -3.19. The maximum absolute atomic E-state index is 12.8. The van der Waals surface area contributed by atoms with E-state index in [1.54, 1.807) is 6.20 Å². The summed E-state index contributed by atoms with van der Waals surface area (Å²) < 4.78 is 2.18. The number of anilines is 1. The number of benzene rings is 1. The topological polar surface area (TPSA) is 62.2 Å². The zero-order valence-electron chi connectivity index (χ0n) is 17.9. The summed E-state index contributed by atoms with van der Waals surface area (Å²) in [4.78, 5) is 19.3. The molecule has 1 aliphatic rings. The van der Waals surface area contributed by atoms with E-state index in [4.69, 9.17) is 12.2 Å². The lowest BCUT2D eigenvalue weighted by Gasteiger charge is -2.27. The second-order valence-corrected chi connectivity index (χ2v) is 9.08. The van der Waals surface area contributed by atoms with Crippen LogP contribution in [0.15, 0.2) is 73.2 Å². The number of pyridine rings is 1. The van der Waals surface area contributed by atoms with Gasteiger partial charge >= 0.3 is 0 Å². The molecule has 160 valence electrons. The summed E-state index contributed by atoms with van der Waals surface area (Å²) in [5.74, 6) is -0.114. The molecule has 7 heteroatoms. The van der Waals surface area contributed by atoms with Gasteiger partial charge in [-0.3, -0.25) is 9.78 Å². The van der Waals surface area contributed by atoms with Crippen LogP contribution in [0.5, 0.6) is 0 Å². The van der Waals surface area contributed by atoms with Gasteiger partial charge in [-0.05, 0) is 68.9 Å². The Bertz CT molecular complexity index is 1060. The minimum Gasteiger partial charge on any atom is -0.352 e. The summed E-state index contributed by atoms with van der Waals surface area (Å²) in [6.45, 7) is 6.64. The summed E-state index contributed by atoms with van der Waals surface area (Å²) in [6.07, 6.45) is 5.99. The van der Waals surface area contributed by atoms with Crippen molar-refractivity contribution in [2.24, 2.45) is 0 Å². The van der Waals surface area contributed by atoms with E-state index in [0.717, 1.165) is 16.9 Å². The van der Waals surface area contributed by atoms with Crippen molar-refractivity contribution < 1.29 is 4.79 Å². The minimum absolute atomic E-state index is 0.0409. The minimum atomic E-state index is -0.146. The van der Waals surface area contributed by atoms with Crippen molar-refractivity contribution in [2.75, 3.05) is 11.9 Å². The van der Waals surface area contributed by atoms with E-state index < -0.39 is 0 Å². The van der Waals surface area contributed by atoms with Gasteiger partial charge in [-0.1, -0.05) is 24.3 Å². The Labute approximate surface area is 188 Å². The standard InChI is InChI=1S/C24H27N5OS/c1-24(2,3)28-14-12-17(15-28)22-21(19-11-7-8-13-25-19)27-23(31)29(22)16-20(30)26-18-9-5-4-6-10-18/h4-15,21-22H,16H2,1-3H3,(H,26,30)(H,27,31)/t21-,22+/m0/s1. The lowest BCUT2D eigenvalue weighted by molar-refractivity contribution is -0.116. The molecule has 2 aromatic heterocycles. The number of carbonyl (C=O) groups excluding carboxylic acids is 1. The van der Waals surface area contributed by atoms with Crippen molar-refractivity contribution >= 4 is 28.9 Å². The summed E-state index contributed by atoms with van der Waals surface area (Å²) in [7, 11) is 0. The lowest BCUT2D eigenvalue weighted by Crippen LogP contribution is -2.37. The van der Waals surface area contributed by atoms with E-state index in [0.29, 0.717) is 5.11 Å². The van der Waals surface area contributed by atoms with Gasteiger partial charge in [0.1, 0.15) is 6.54 Å². The third kappa shape index (κ3) is 4.61. The average molecular weight is 434 g/mol. The molecular weight excluding hydrogens is 406 g/mol. The van der Waals surface area contributed by atoms with E-state index in [1.165, 1.54) is 0 Å². The highest BCUT2D eigenvalue weighted by Crippen LogP contribution is 2.39. The van der Waals surface area contributed by atoms with Gasteiger partial charge in [0.15, 0.2) is 5.11 Å². The van der Waals surface area contributed by atoms with Crippen molar-refractivity contribution in [3.8, 4) is 0 Å². The molecule has 0 aliphatic carbocycles. The van der Waals surface area contributed by atoms with Crippen LogP contribution in [-0.2, 0) is 10.3 Å². The fourth-order valence-corrected chi connectivity index (χ4v) is 4.13. The molecule has 6 nitrogen and oxygen atoms in total. The van der Waals surface area contributed by atoms with Crippen LogP contribution in [0.25, 0.3) is 0 Å². The molecule has 1 aliphatic heterocycles. The predicted molar refractivity (Wildman–Crippen MR) is 127 cm³/mol. The van der Waals surface area contributed by atoms with Crippen molar-refractivity contribution in [2.45, 2.75) is 38.4 Å². The Morgan fingerprint density at radius 1 is 1.13 bits per heavy atom. The van der Waals surface area contributed by atoms with E-state index in [-0.39, 0.29) is 30.1 Å². The molecule has 1 amide bonds. The second kappa shape index (κ2) is 8.51. The number of para-hydroxylation sites is 1. The first kappa shape index (κ1) is 21.1. The van der Waals surface area contributed by atoms with Gasteiger partial charge in [0, 0.05) is 29.8 Å². The molecule has 2 atom stereocenters. The number of hydrogen-bond donors (Lipinski definition) is 2. The number of aromatic nitrogens is 2. The largest absolute Gasteiger partial charge is 0.352 e. The van der Waals surface area contributed by atoms with Gasteiger partial charge in [0.2, 0.25) is 5.91 Å². The van der Waals surface area contributed by atoms with Gasteiger partial charge in [-0.25, -0.2) is 0 Å². The first-order valence-corrected chi connectivity index (χ1v) is 10.7. The molecule has 3 heterocycles. The van der Waals surface area contributed by atoms with Crippen LogP contribution in [0.2, 0.25) is 0 Å². The number of nitrogens with one attached hydrogen (secondary N) is 2. The first-order valence-electron chi connectivity index (χ1n) is 10.3. The highest BCUT2D eigenvalue weighted by molar-refractivity contribution is 7.80. The van der Waals surface area contributed by atoms with Crippen molar-refractivity contribution in [1.29, 1.82) is 0 Å². The zero-order valence-corrected chi connectivity index (χ0v) is 18.8. The molecule has 0 unspecified atom stereocenters. The van der Waals surface area contributed by atoms with Gasteiger partial charge in [-0.2, -0.15) is 0 Å². The van der Waals surface area contributed by atoms with Crippen LogP contribution in [-0.4, -0.2) is 32.0 Å². The highest BCUT2D eigenvalue weighted by atomic mass is 32.1. The molecule has 0 radical (unpaired) electrons. The van der Waals surface area contributed by atoms with Crippen LogP contribution < -0.4 is 10.6 Å². The maximum Gasteiger partial charge on any atom is 0.244 e. The molecule has 2 N–H and O–H groups in total. The smallest absolute Gasteiger partial charge is 0.244 e. The molecule has 3 aromatic rings. The Kier molecular flexibility index (Phi) is 5.78. The van der Waals surface area contributed by atoms with E-state index in [1.807, 2.05) is 53.4 Å². The van der Waals surface area contributed by atoms with Crippen molar-refractivity contribution in [3.05, 3.63) is 84.4 Å². The van der Waals surface area contributed by atoms with Crippen LogP contribution in [0.3, 0.4) is 0 Å². The highest BCUT2D eigenvalue weighted by Gasteiger charge is 2.41. The number of hydrogen-bond acceptors (Lipinski definition) is 3. The average Bonchev–Trinajstić information content (AvgIpc) is 3.35. The molecule has 0 saturated carbocycles. The second-order valence-electron chi connectivity index (χ2n) is 8.69. The van der Waals surface area contributed by atoms with Gasteiger partial charge in [0.25, 0.3) is 0 Å². The lowest BCUT2D eigenvalue weighted by atomic mass is 9.99. The van der Waals surface area contributed by atoms with Gasteiger partial charge in [0.05, 0.1) is 17.8 Å². The predicted octanol–water partition coefficient (Wildman–Crippen LogP) is 4.25.